The van der Waals surface area contributed by atoms with E-state index in [9.17, 15) is 4.79 Å². The molecule has 1 fully saturated rings. The number of Topliss-reactive ketones (excluding diaryl/α,β-unsaturated/α-hetero) is 1. The first kappa shape index (κ1) is 13.3. The van der Waals surface area contributed by atoms with E-state index in [0.29, 0.717) is 11.7 Å². The van der Waals surface area contributed by atoms with Gasteiger partial charge in [-0.1, -0.05) is 24.3 Å². The summed E-state index contributed by atoms with van der Waals surface area (Å²) in [5.41, 5.74) is 2.77. The molecule has 0 amide bonds. The van der Waals surface area contributed by atoms with Gasteiger partial charge in [0.05, 0.1) is 0 Å². The maximum Gasteiger partial charge on any atom is 0.132 e. The summed E-state index contributed by atoms with van der Waals surface area (Å²) in [4.78, 5) is 13.6. The Labute approximate surface area is 110 Å². The molecule has 0 spiro atoms. The number of carbonyl (C=O) groups excluding carboxylic acids is 1. The number of rotatable bonds is 4. The van der Waals surface area contributed by atoms with Crippen LogP contribution in [0.1, 0.15) is 36.8 Å². The molecular formula is C16H23NO. The molecule has 0 radical (unpaired) electrons. The second-order valence-corrected chi connectivity index (χ2v) is 5.61. The highest BCUT2D eigenvalue weighted by Gasteiger charge is 2.19. The molecule has 1 aromatic rings. The largest absolute Gasteiger partial charge is 0.302 e. The number of hydrogen-bond acceptors (Lipinski definition) is 2. The van der Waals surface area contributed by atoms with E-state index in [-0.39, 0.29) is 0 Å². The first-order valence-corrected chi connectivity index (χ1v) is 6.90. The van der Waals surface area contributed by atoms with Crippen molar-refractivity contribution in [1.29, 1.82) is 0 Å². The van der Waals surface area contributed by atoms with Crippen LogP contribution in [0.25, 0.3) is 0 Å². The fourth-order valence-corrected chi connectivity index (χ4v) is 2.77. The molecule has 98 valence electrons. The van der Waals surface area contributed by atoms with Crippen LogP contribution < -0.4 is 0 Å². The number of aryl methyl sites for hydroxylation is 1. The highest BCUT2D eigenvalue weighted by Crippen LogP contribution is 2.22. The van der Waals surface area contributed by atoms with Gasteiger partial charge < -0.3 is 4.90 Å². The van der Waals surface area contributed by atoms with E-state index < -0.39 is 0 Å². The lowest BCUT2D eigenvalue weighted by Crippen LogP contribution is -2.28. The van der Waals surface area contributed by atoms with Crippen LogP contribution >= 0.6 is 0 Å². The van der Waals surface area contributed by atoms with Crippen molar-refractivity contribution >= 4 is 5.78 Å². The molecule has 1 aromatic carbocycles. The third kappa shape index (κ3) is 3.67. The number of ketones is 1. The molecule has 18 heavy (non-hydrogen) atoms. The van der Waals surface area contributed by atoms with Crippen LogP contribution in [0.4, 0.5) is 0 Å². The van der Waals surface area contributed by atoms with Crippen LogP contribution in [0, 0.1) is 12.8 Å². The molecule has 2 nitrogen and oxygen atoms in total. The van der Waals surface area contributed by atoms with E-state index in [4.69, 9.17) is 0 Å². The van der Waals surface area contributed by atoms with Gasteiger partial charge in [0, 0.05) is 25.9 Å². The minimum Gasteiger partial charge on any atom is -0.302 e. The van der Waals surface area contributed by atoms with E-state index in [1.165, 1.54) is 11.1 Å². The lowest BCUT2D eigenvalue weighted by Gasteiger charge is -2.26. The zero-order valence-corrected chi connectivity index (χ0v) is 11.5. The Morgan fingerprint density at radius 1 is 1.22 bits per heavy atom. The molecule has 0 N–H and O–H groups in total. The van der Waals surface area contributed by atoms with E-state index in [0.717, 1.165) is 38.8 Å². The van der Waals surface area contributed by atoms with Crippen molar-refractivity contribution in [3.05, 3.63) is 35.4 Å². The maximum absolute atomic E-state index is 11.2. The molecule has 2 heteroatoms. The minimum atomic E-state index is 0.452. The molecule has 0 atom stereocenters. The van der Waals surface area contributed by atoms with Crippen LogP contribution in [0.2, 0.25) is 0 Å². The van der Waals surface area contributed by atoms with Crippen LogP contribution in [-0.2, 0) is 11.3 Å². The Kier molecular flexibility index (Phi) is 4.54. The highest BCUT2D eigenvalue weighted by atomic mass is 16.1. The second-order valence-electron chi connectivity index (χ2n) is 5.61. The van der Waals surface area contributed by atoms with Gasteiger partial charge in [0.2, 0.25) is 0 Å². The van der Waals surface area contributed by atoms with Crippen molar-refractivity contribution in [1.82, 2.24) is 4.90 Å². The van der Waals surface area contributed by atoms with Gasteiger partial charge in [0.15, 0.2) is 0 Å². The summed E-state index contributed by atoms with van der Waals surface area (Å²) >= 11 is 0. The topological polar surface area (TPSA) is 20.3 Å². The molecule has 0 heterocycles. The second kappa shape index (κ2) is 6.14. The summed E-state index contributed by atoms with van der Waals surface area (Å²) in [6.07, 6.45) is 3.75. The summed E-state index contributed by atoms with van der Waals surface area (Å²) in [7, 11) is 2.18. The molecule has 2 rings (SSSR count). The normalized spacial score (nSPS) is 17.4. The quantitative estimate of drug-likeness (QED) is 0.812. The van der Waals surface area contributed by atoms with Crippen molar-refractivity contribution in [3.63, 3.8) is 0 Å². The highest BCUT2D eigenvalue weighted by molar-refractivity contribution is 5.79. The monoisotopic (exact) mass is 245 g/mol. The maximum atomic E-state index is 11.2. The van der Waals surface area contributed by atoms with Crippen molar-refractivity contribution in [2.75, 3.05) is 13.6 Å². The lowest BCUT2D eigenvalue weighted by atomic mass is 9.88. The number of nitrogens with zero attached hydrogens (tertiary/aromatic N) is 1. The molecule has 1 aliphatic rings. The molecular weight excluding hydrogens is 222 g/mol. The van der Waals surface area contributed by atoms with E-state index in [1.54, 1.807) is 0 Å². The predicted octanol–water partition coefficient (Wildman–Crippen LogP) is 3.19. The Hall–Kier alpha value is -1.15. The summed E-state index contributed by atoms with van der Waals surface area (Å²) < 4.78 is 0. The van der Waals surface area contributed by atoms with Crippen LogP contribution in [0.3, 0.4) is 0 Å². The average molecular weight is 245 g/mol. The SMILES string of the molecule is Cc1ccccc1CN(C)CC1CCC(=O)CC1. The smallest absolute Gasteiger partial charge is 0.132 e. The number of benzene rings is 1. The molecule has 0 saturated heterocycles. The molecule has 0 unspecified atom stereocenters. The lowest BCUT2D eigenvalue weighted by molar-refractivity contribution is -0.121. The Balaban J connectivity index is 1.83. The van der Waals surface area contributed by atoms with Gasteiger partial charge in [0.25, 0.3) is 0 Å². The van der Waals surface area contributed by atoms with Gasteiger partial charge >= 0.3 is 0 Å². The summed E-state index contributed by atoms with van der Waals surface area (Å²) in [6.45, 7) is 4.29. The third-order valence-corrected chi connectivity index (χ3v) is 3.93. The predicted molar refractivity (Wildman–Crippen MR) is 74.5 cm³/mol. The van der Waals surface area contributed by atoms with Gasteiger partial charge in [-0.2, -0.15) is 0 Å². The Morgan fingerprint density at radius 2 is 1.89 bits per heavy atom. The number of carbonyl (C=O) groups is 1. The molecule has 0 aromatic heterocycles. The van der Waals surface area contributed by atoms with Crippen molar-refractivity contribution in [2.24, 2.45) is 5.92 Å². The fourth-order valence-electron chi connectivity index (χ4n) is 2.77. The van der Waals surface area contributed by atoms with Crippen LogP contribution in [0.15, 0.2) is 24.3 Å². The minimum absolute atomic E-state index is 0.452. The van der Waals surface area contributed by atoms with Crippen molar-refractivity contribution in [3.8, 4) is 0 Å². The van der Waals surface area contributed by atoms with Crippen LogP contribution in [-0.4, -0.2) is 24.3 Å². The Bertz CT molecular complexity index is 403. The molecule has 0 aliphatic heterocycles. The zero-order chi connectivity index (χ0) is 13.0. The fraction of sp³-hybridized carbons (Fsp3) is 0.562. The first-order valence-electron chi connectivity index (χ1n) is 6.90. The standard InChI is InChI=1S/C16H23NO/c1-13-5-3-4-6-15(13)12-17(2)11-14-7-9-16(18)10-8-14/h3-6,14H,7-12H2,1-2H3. The van der Waals surface area contributed by atoms with E-state index >= 15 is 0 Å². The molecule has 1 aliphatic carbocycles. The van der Waals surface area contributed by atoms with Crippen LogP contribution in [0.5, 0.6) is 0 Å². The van der Waals surface area contributed by atoms with Gasteiger partial charge in [-0.25, -0.2) is 0 Å². The van der Waals surface area contributed by atoms with E-state index in [1.807, 2.05) is 0 Å². The molecule has 0 bridgehead atoms. The molecule has 1 saturated carbocycles. The average Bonchev–Trinajstić information content (AvgIpc) is 2.35. The van der Waals surface area contributed by atoms with Gasteiger partial charge in [-0.15, -0.1) is 0 Å². The summed E-state index contributed by atoms with van der Waals surface area (Å²) in [5, 5.41) is 0. The van der Waals surface area contributed by atoms with Gasteiger partial charge in [-0.3, -0.25) is 4.79 Å². The van der Waals surface area contributed by atoms with E-state index in [2.05, 4.69) is 43.1 Å². The summed E-state index contributed by atoms with van der Waals surface area (Å²) in [5.74, 6) is 1.16. The van der Waals surface area contributed by atoms with Gasteiger partial charge in [0.1, 0.15) is 5.78 Å². The van der Waals surface area contributed by atoms with Gasteiger partial charge in [-0.05, 0) is 43.9 Å². The third-order valence-electron chi connectivity index (χ3n) is 3.93. The van der Waals surface area contributed by atoms with Crippen molar-refractivity contribution < 1.29 is 4.79 Å². The van der Waals surface area contributed by atoms with Crippen molar-refractivity contribution in [2.45, 2.75) is 39.2 Å². The zero-order valence-electron chi connectivity index (χ0n) is 11.5. The summed E-state index contributed by atoms with van der Waals surface area (Å²) in [6, 6.07) is 8.57. The first-order chi connectivity index (χ1) is 8.65. The number of hydrogen-bond donors (Lipinski definition) is 0. The Morgan fingerprint density at radius 3 is 2.56 bits per heavy atom.